The predicted octanol–water partition coefficient (Wildman–Crippen LogP) is 3.53. The highest BCUT2D eigenvalue weighted by Crippen LogP contribution is 2.26. The van der Waals surface area contributed by atoms with Gasteiger partial charge in [-0.2, -0.15) is 0 Å². The second kappa shape index (κ2) is 8.00. The van der Waals surface area contributed by atoms with Crippen molar-refractivity contribution in [1.82, 2.24) is 5.32 Å². The summed E-state index contributed by atoms with van der Waals surface area (Å²) in [7, 11) is 0. The summed E-state index contributed by atoms with van der Waals surface area (Å²) in [5.74, 6) is -2.52. The first kappa shape index (κ1) is 18.8. The summed E-state index contributed by atoms with van der Waals surface area (Å²) in [5.41, 5.74) is 0.646. The average Bonchev–Trinajstić information content (AvgIpc) is 3.02. The molecule has 0 bridgehead atoms. The van der Waals surface area contributed by atoms with Crippen LogP contribution in [0.25, 0.3) is 0 Å². The molecule has 1 heterocycles. The number of halogens is 2. The summed E-state index contributed by atoms with van der Waals surface area (Å²) in [6.07, 6.45) is 0. The molecule has 0 unspecified atom stereocenters. The van der Waals surface area contributed by atoms with Crippen molar-refractivity contribution < 1.29 is 23.7 Å². The lowest BCUT2D eigenvalue weighted by molar-refractivity contribution is -0.402. The first-order valence-electron chi connectivity index (χ1n) is 6.93. The van der Waals surface area contributed by atoms with E-state index in [1.807, 2.05) is 0 Å². The molecule has 1 aromatic heterocycles. The Morgan fingerprint density at radius 3 is 2.64 bits per heavy atom. The van der Waals surface area contributed by atoms with Crippen LogP contribution >= 0.6 is 23.2 Å². The third kappa shape index (κ3) is 4.94. The number of rotatable bonds is 6. The fourth-order valence-corrected chi connectivity index (χ4v) is 2.52. The fraction of sp³-hybridized carbons (Fsp3) is 0.200. The molecule has 0 fully saturated rings. The molecule has 0 saturated heterocycles. The van der Waals surface area contributed by atoms with E-state index in [1.165, 1.54) is 0 Å². The van der Waals surface area contributed by atoms with Crippen molar-refractivity contribution in [3.63, 3.8) is 0 Å². The van der Waals surface area contributed by atoms with E-state index in [0.717, 1.165) is 12.1 Å². The van der Waals surface area contributed by atoms with Gasteiger partial charge in [-0.3, -0.25) is 14.9 Å². The smallest absolute Gasteiger partial charge is 0.433 e. The number of furan rings is 1. The third-order valence-electron chi connectivity index (χ3n) is 3.11. The molecular weight excluding hydrogens is 375 g/mol. The Hall–Kier alpha value is -2.58. The normalized spacial score (nSPS) is 11.6. The molecule has 132 valence electrons. The van der Waals surface area contributed by atoms with Gasteiger partial charge in [0.05, 0.1) is 12.1 Å². The second-order valence-corrected chi connectivity index (χ2v) is 5.77. The highest BCUT2D eigenvalue weighted by molar-refractivity contribution is 6.35. The van der Waals surface area contributed by atoms with Crippen molar-refractivity contribution in [1.29, 1.82) is 0 Å². The molecular formula is C15H12Cl2N2O6. The van der Waals surface area contributed by atoms with E-state index in [1.54, 1.807) is 25.1 Å². The largest absolute Gasteiger partial charge is 0.450 e. The van der Waals surface area contributed by atoms with Crippen molar-refractivity contribution in [3.05, 3.63) is 61.8 Å². The quantitative estimate of drug-likeness (QED) is 0.461. The van der Waals surface area contributed by atoms with Gasteiger partial charge >= 0.3 is 11.9 Å². The van der Waals surface area contributed by atoms with Crippen molar-refractivity contribution >= 4 is 41.0 Å². The monoisotopic (exact) mass is 386 g/mol. The topological polar surface area (TPSA) is 112 Å². The lowest BCUT2D eigenvalue weighted by Crippen LogP contribution is -2.31. The molecule has 0 spiro atoms. The molecule has 10 heteroatoms. The number of esters is 1. The maximum Gasteiger partial charge on any atom is 0.433 e. The van der Waals surface area contributed by atoms with Crippen LogP contribution in [0.15, 0.2) is 34.7 Å². The Balaban J connectivity index is 1.89. The summed E-state index contributed by atoms with van der Waals surface area (Å²) in [6.45, 7) is 1.12. The van der Waals surface area contributed by atoms with E-state index in [4.69, 9.17) is 27.9 Å². The molecule has 2 aromatic rings. The van der Waals surface area contributed by atoms with Crippen LogP contribution in [0.5, 0.6) is 0 Å². The van der Waals surface area contributed by atoms with Crippen LogP contribution in [0.3, 0.4) is 0 Å². The van der Waals surface area contributed by atoms with Crippen LogP contribution in [0, 0.1) is 10.1 Å². The minimum atomic E-state index is -0.986. The molecule has 0 aliphatic rings. The molecule has 1 atom stereocenters. The number of hydrogen-bond donors (Lipinski definition) is 1. The van der Waals surface area contributed by atoms with Gasteiger partial charge in [-0.1, -0.05) is 29.3 Å². The Morgan fingerprint density at radius 1 is 1.32 bits per heavy atom. The number of nitro groups is 1. The van der Waals surface area contributed by atoms with Crippen molar-refractivity contribution in [3.8, 4) is 0 Å². The van der Waals surface area contributed by atoms with Crippen LogP contribution < -0.4 is 5.32 Å². The van der Waals surface area contributed by atoms with Gasteiger partial charge < -0.3 is 14.5 Å². The predicted molar refractivity (Wildman–Crippen MR) is 88.7 cm³/mol. The summed E-state index contributed by atoms with van der Waals surface area (Å²) in [5, 5.41) is 13.9. The van der Waals surface area contributed by atoms with Gasteiger partial charge in [-0.05, 0) is 30.7 Å². The minimum Gasteiger partial charge on any atom is -0.450 e. The summed E-state index contributed by atoms with van der Waals surface area (Å²) >= 11 is 11.9. The molecule has 25 heavy (non-hydrogen) atoms. The lowest BCUT2D eigenvalue weighted by Gasteiger charge is -2.15. The minimum absolute atomic E-state index is 0.367. The number of carbonyl (C=O) groups is 2. The Labute approximate surface area is 151 Å². The lowest BCUT2D eigenvalue weighted by atomic mass is 10.1. The van der Waals surface area contributed by atoms with Crippen molar-refractivity contribution in [2.24, 2.45) is 0 Å². The van der Waals surface area contributed by atoms with Gasteiger partial charge in [-0.25, -0.2) is 4.79 Å². The van der Waals surface area contributed by atoms with E-state index in [9.17, 15) is 19.7 Å². The summed E-state index contributed by atoms with van der Waals surface area (Å²) in [6, 6.07) is 6.51. The standard InChI is InChI=1S/C15H12Cl2N2O6/c1-8(10-3-2-9(16)6-11(10)17)18-13(20)7-24-15(21)12-4-5-14(25-12)19(22)23/h2-6,8H,7H2,1H3,(H,18,20)/t8-/m0/s1. The molecule has 2 rings (SSSR count). The fourth-order valence-electron chi connectivity index (χ4n) is 1.95. The number of nitrogens with one attached hydrogen (secondary N) is 1. The first-order chi connectivity index (χ1) is 11.8. The Morgan fingerprint density at radius 2 is 2.04 bits per heavy atom. The molecule has 0 aliphatic carbocycles. The molecule has 1 aromatic carbocycles. The van der Waals surface area contributed by atoms with Gasteiger partial charge in [0.1, 0.15) is 4.92 Å². The Kier molecular flexibility index (Phi) is 6.00. The number of carbonyl (C=O) groups excluding carboxylic acids is 2. The zero-order valence-electron chi connectivity index (χ0n) is 12.8. The molecule has 1 amide bonds. The van der Waals surface area contributed by atoms with Crippen LogP contribution in [-0.2, 0) is 9.53 Å². The van der Waals surface area contributed by atoms with Gasteiger partial charge in [0.2, 0.25) is 5.76 Å². The number of amides is 1. The zero-order chi connectivity index (χ0) is 18.6. The van der Waals surface area contributed by atoms with Crippen molar-refractivity contribution in [2.45, 2.75) is 13.0 Å². The van der Waals surface area contributed by atoms with Crippen LogP contribution in [0.1, 0.15) is 29.1 Å². The SMILES string of the molecule is C[C@H](NC(=O)COC(=O)c1ccc([N+](=O)[O-])o1)c1ccc(Cl)cc1Cl. The zero-order valence-corrected chi connectivity index (χ0v) is 14.3. The van der Waals surface area contributed by atoms with Gasteiger partial charge in [0, 0.05) is 10.0 Å². The van der Waals surface area contributed by atoms with Gasteiger partial charge in [-0.15, -0.1) is 0 Å². The van der Waals surface area contributed by atoms with E-state index >= 15 is 0 Å². The molecule has 1 N–H and O–H groups in total. The summed E-state index contributed by atoms with van der Waals surface area (Å²) < 4.78 is 9.43. The highest BCUT2D eigenvalue weighted by Gasteiger charge is 2.20. The Bertz CT molecular complexity index is 820. The number of hydrogen-bond acceptors (Lipinski definition) is 6. The van der Waals surface area contributed by atoms with Gasteiger partial charge in [0.25, 0.3) is 5.91 Å². The molecule has 0 saturated carbocycles. The number of nitrogens with zero attached hydrogens (tertiary/aromatic N) is 1. The van der Waals surface area contributed by atoms with E-state index < -0.39 is 35.3 Å². The maximum atomic E-state index is 11.9. The first-order valence-corrected chi connectivity index (χ1v) is 7.69. The third-order valence-corrected chi connectivity index (χ3v) is 3.68. The second-order valence-electron chi connectivity index (χ2n) is 4.93. The maximum absolute atomic E-state index is 11.9. The van der Waals surface area contributed by atoms with Crippen LogP contribution in [-0.4, -0.2) is 23.4 Å². The van der Waals surface area contributed by atoms with E-state index in [-0.39, 0.29) is 5.76 Å². The van der Waals surface area contributed by atoms with Crippen molar-refractivity contribution in [2.75, 3.05) is 6.61 Å². The number of ether oxygens (including phenoxy) is 1. The molecule has 0 radical (unpaired) electrons. The van der Waals surface area contributed by atoms with Gasteiger partial charge in [0.15, 0.2) is 6.61 Å². The van der Waals surface area contributed by atoms with E-state index in [2.05, 4.69) is 9.73 Å². The van der Waals surface area contributed by atoms with Crippen LogP contribution in [0.2, 0.25) is 10.0 Å². The molecule has 8 nitrogen and oxygen atoms in total. The highest BCUT2D eigenvalue weighted by atomic mass is 35.5. The van der Waals surface area contributed by atoms with E-state index in [0.29, 0.717) is 15.6 Å². The average molecular weight is 387 g/mol. The van der Waals surface area contributed by atoms with Crippen LogP contribution in [0.4, 0.5) is 5.88 Å². The summed E-state index contributed by atoms with van der Waals surface area (Å²) in [4.78, 5) is 33.2. The molecule has 0 aliphatic heterocycles. The number of benzene rings is 1.